The first-order chi connectivity index (χ1) is 19.6. The molecule has 1 saturated heterocycles. The average molecular weight is 603 g/mol. The molecule has 1 fully saturated rings. The lowest BCUT2D eigenvalue weighted by molar-refractivity contribution is -0.143. The molecule has 3 aromatic rings. The summed E-state index contributed by atoms with van der Waals surface area (Å²) >= 11 is 6.16. The van der Waals surface area contributed by atoms with Crippen molar-refractivity contribution >= 4 is 46.1 Å². The first kappa shape index (κ1) is 31.0. The Labute approximate surface area is 248 Å². The van der Waals surface area contributed by atoms with Gasteiger partial charge in [0.2, 0.25) is 0 Å². The van der Waals surface area contributed by atoms with Crippen molar-refractivity contribution in [2.75, 3.05) is 30.8 Å². The van der Waals surface area contributed by atoms with Crippen molar-refractivity contribution in [1.82, 2.24) is 19.4 Å². The summed E-state index contributed by atoms with van der Waals surface area (Å²) in [7, 11) is 1.22. The Balaban J connectivity index is 2.00. The van der Waals surface area contributed by atoms with Gasteiger partial charge in [-0.15, -0.1) is 0 Å². The number of methoxy groups -OCH3 is 1. The second-order valence-corrected chi connectivity index (χ2v) is 12.1. The number of fused-ring (bicyclic) bond motifs is 1. The van der Waals surface area contributed by atoms with Gasteiger partial charge in [0, 0.05) is 24.2 Å². The van der Waals surface area contributed by atoms with Gasteiger partial charge in [0.15, 0.2) is 16.6 Å². The van der Waals surface area contributed by atoms with E-state index in [1.807, 2.05) is 20.8 Å². The number of anilines is 2. The van der Waals surface area contributed by atoms with Gasteiger partial charge < -0.3 is 25.0 Å². The van der Waals surface area contributed by atoms with Crippen LogP contribution in [0.5, 0.6) is 0 Å². The number of carbonyl (C=O) groups is 2. The molecule has 2 N–H and O–H groups in total. The molecule has 2 atom stereocenters. The predicted molar refractivity (Wildman–Crippen MR) is 159 cm³/mol. The molecule has 1 amide bonds. The fourth-order valence-corrected chi connectivity index (χ4v) is 5.34. The minimum Gasteiger partial charge on any atom is -0.467 e. The third kappa shape index (κ3) is 5.59. The average Bonchev–Trinajstić information content (AvgIpc) is 2.89. The van der Waals surface area contributed by atoms with E-state index in [2.05, 4.69) is 9.97 Å². The standard InChI is InChI=1S/C29H36ClFN6O5/c1-14(2)21-22(15(3)9-10-33-21)37-25-17(11-18(31)24(30)34-25)23(20(32)26(37)38)36-12-16(4)35(13-19(36)27(39)41-8)28(40)42-29(5,6)7/h9-11,14,16,19H,12-13,32H2,1-8H3/t16-,19-/m1/s1. The van der Waals surface area contributed by atoms with Crippen LogP contribution in [0.2, 0.25) is 5.15 Å². The van der Waals surface area contributed by atoms with Gasteiger partial charge in [0.1, 0.15) is 17.3 Å². The van der Waals surface area contributed by atoms with Gasteiger partial charge in [0.25, 0.3) is 5.56 Å². The highest BCUT2D eigenvalue weighted by atomic mass is 35.5. The zero-order valence-corrected chi connectivity index (χ0v) is 25.7. The zero-order chi connectivity index (χ0) is 31.3. The van der Waals surface area contributed by atoms with Crippen LogP contribution in [0.15, 0.2) is 23.1 Å². The van der Waals surface area contributed by atoms with Crippen molar-refractivity contribution in [2.24, 2.45) is 0 Å². The highest BCUT2D eigenvalue weighted by Gasteiger charge is 2.42. The van der Waals surface area contributed by atoms with Gasteiger partial charge in [-0.25, -0.2) is 19.0 Å². The first-order valence-corrected chi connectivity index (χ1v) is 13.9. The molecule has 1 aliphatic rings. The molecular formula is C29H36ClFN6O5. The van der Waals surface area contributed by atoms with Crippen LogP contribution in [-0.2, 0) is 14.3 Å². The monoisotopic (exact) mass is 602 g/mol. The number of carbonyl (C=O) groups excluding carboxylic acids is 2. The Morgan fingerprint density at radius 3 is 2.48 bits per heavy atom. The lowest BCUT2D eigenvalue weighted by Crippen LogP contribution is -2.62. The van der Waals surface area contributed by atoms with E-state index in [0.29, 0.717) is 11.4 Å². The molecule has 1 aliphatic heterocycles. The summed E-state index contributed by atoms with van der Waals surface area (Å²) < 4.78 is 27.0. The number of ether oxygens (including phenoxy) is 2. The molecule has 4 rings (SSSR count). The molecule has 3 aromatic heterocycles. The molecule has 0 radical (unpaired) electrons. The van der Waals surface area contributed by atoms with Crippen LogP contribution in [0.4, 0.5) is 20.6 Å². The molecule has 42 heavy (non-hydrogen) atoms. The van der Waals surface area contributed by atoms with Crippen LogP contribution >= 0.6 is 11.6 Å². The van der Waals surface area contributed by atoms with Crippen LogP contribution in [0.1, 0.15) is 58.7 Å². The van der Waals surface area contributed by atoms with Gasteiger partial charge in [-0.05, 0) is 58.2 Å². The highest BCUT2D eigenvalue weighted by molar-refractivity contribution is 6.30. The zero-order valence-electron chi connectivity index (χ0n) is 25.0. The van der Waals surface area contributed by atoms with Gasteiger partial charge in [-0.2, -0.15) is 0 Å². The molecule has 13 heteroatoms. The largest absolute Gasteiger partial charge is 0.467 e. The topological polar surface area (TPSA) is 133 Å². The lowest BCUT2D eigenvalue weighted by atomic mass is 10.0. The Morgan fingerprint density at radius 2 is 1.88 bits per heavy atom. The molecule has 11 nitrogen and oxygen atoms in total. The van der Waals surface area contributed by atoms with Crippen LogP contribution in [0.3, 0.4) is 0 Å². The van der Waals surface area contributed by atoms with E-state index in [1.54, 1.807) is 44.9 Å². The second-order valence-electron chi connectivity index (χ2n) is 11.7. The van der Waals surface area contributed by atoms with Gasteiger partial charge in [-0.3, -0.25) is 14.3 Å². The van der Waals surface area contributed by atoms with E-state index in [9.17, 15) is 14.4 Å². The molecule has 0 unspecified atom stereocenters. The summed E-state index contributed by atoms with van der Waals surface area (Å²) in [6.45, 7) is 12.6. The number of hydrogen-bond acceptors (Lipinski definition) is 9. The number of nitrogen functional groups attached to an aromatic ring is 1. The molecule has 0 aromatic carbocycles. The SMILES string of the molecule is COC(=O)[C@H]1CN(C(=O)OC(C)(C)C)[C@H](C)CN1c1c(N)c(=O)n(-c2c(C)ccnc2C(C)C)c2nc(Cl)c(F)cc12. The number of esters is 1. The van der Waals surface area contributed by atoms with E-state index in [-0.39, 0.29) is 41.4 Å². The Morgan fingerprint density at radius 1 is 1.21 bits per heavy atom. The molecular weight excluding hydrogens is 567 g/mol. The molecule has 0 aliphatic carbocycles. The van der Waals surface area contributed by atoms with Gasteiger partial charge >= 0.3 is 12.1 Å². The predicted octanol–water partition coefficient (Wildman–Crippen LogP) is 4.57. The van der Waals surface area contributed by atoms with Crippen molar-refractivity contribution in [3.8, 4) is 5.69 Å². The van der Waals surface area contributed by atoms with Crippen LogP contribution in [0.25, 0.3) is 16.7 Å². The molecule has 0 saturated carbocycles. The van der Waals surface area contributed by atoms with Crippen molar-refractivity contribution in [1.29, 1.82) is 0 Å². The quantitative estimate of drug-likeness (QED) is 0.337. The van der Waals surface area contributed by atoms with Crippen molar-refractivity contribution in [3.05, 3.63) is 50.9 Å². The fourth-order valence-electron chi connectivity index (χ4n) is 5.20. The number of rotatable bonds is 4. The van der Waals surface area contributed by atoms with E-state index < -0.39 is 46.3 Å². The fraction of sp³-hybridized carbons (Fsp3) is 0.483. The highest BCUT2D eigenvalue weighted by Crippen LogP contribution is 2.37. The summed E-state index contributed by atoms with van der Waals surface area (Å²) in [5, 5.41) is -0.287. The smallest absolute Gasteiger partial charge is 0.410 e. The van der Waals surface area contributed by atoms with Crippen molar-refractivity contribution < 1.29 is 23.5 Å². The maximum absolute atomic E-state index is 15.1. The maximum atomic E-state index is 15.1. The first-order valence-electron chi connectivity index (χ1n) is 13.6. The summed E-state index contributed by atoms with van der Waals surface area (Å²) in [5.41, 5.74) is 6.85. The Kier molecular flexibility index (Phi) is 8.41. The van der Waals surface area contributed by atoms with Crippen molar-refractivity contribution in [2.45, 2.75) is 72.1 Å². The van der Waals surface area contributed by atoms with Crippen LogP contribution in [-0.4, -0.2) is 69.4 Å². The second kappa shape index (κ2) is 11.4. The number of aromatic nitrogens is 3. The van der Waals surface area contributed by atoms with E-state index in [0.717, 1.165) is 11.6 Å². The number of amides is 1. The third-order valence-electron chi connectivity index (χ3n) is 7.12. The van der Waals surface area contributed by atoms with E-state index in [4.69, 9.17) is 26.8 Å². The number of aryl methyl sites for hydroxylation is 1. The van der Waals surface area contributed by atoms with Crippen LogP contribution < -0.4 is 16.2 Å². The van der Waals surface area contributed by atoms with Crippen LogP contribution in [0, 0.1) is 12.7 Å². The summed E-state index contributed by atoms with van der Waals surface area (Å²) in [5.74, 6) is -1.60. The summed E-state index contributed by atoms with van der Waals surface area (Å²) in [6.07, 6.45) is 1.04. The molecule has 0 bridgehead atoms. The van der Waals surface area contributed by atoms with E-state index in [1.165, 1.54) is 16.6 Å². The molecule has 0 spiro atoms. The number of hydrogen-bond donors (Lipinski definition) is 1. The number of pyridine rings is 3. The number of piperazine rings is 1. The third-order valence-corrected chi connectivity index (χ3v) is 7.39. The normalized spacial score (nSPS) is 17.6. The molecule has 226 valence electrons. The lowest BCUT2D eigenvalue weighted by Gasteiger charge is -2.45. The van der Waals surface area contributed by atoms with Crippen molar-refractivity contribution in [3.63, 3.8) is 0 Å². The number of nitrogens with two attached hydrogens (primary N) is 1. The minimum atomic E-state index is -1.09. The molecule has 4 heterocycles. The number of halogens is 2. The Hall–Kier alpha value is -3.93. The summed E-state index contributed by atoms with van der Waals surface area (Å²) in [4.78, 5) is 52.1. The Bertz CT molecular complexity index is 1620. The van der Waals surface area contributed by atoms with E-state index >= 15 is 4.39 Å². The summed E-state index contributed by atoms with van der Waals surface area (Å²) in [6, 6.07) is 1.31. The maximum Gasteiger partial charge on any atom is 0.410 e. The van der Waals surface area contributed by atoms with Gasteiger partial charge in [0.05, 0.1) is 30.7 Å². The number of nitrogens with zero attached hydrogens (tertiary/aromatic N) is 5. The minimum absolute atomic E-state index is 0.0411. The van der Waals surface area contributed by atoms with Gasteiger partial charge in [-0.1, -0.05) is 25.4 Å².